The van der Waals surface area contributed by atoms with E-state index in [9.17, 15) is 9.90 Å². The van der Waals surface area contributed by atoms with E-state index >= 15 is 0 Å². The van der Waals surface area contributed by atoms with Gasteiger partial charge in [0.2, 0.25) is 0 Å². The van der Waals surface area contributed by atoms with Gasteiger partial charge in [0.15, 0.2) is 11.5 Å². The van der Waals surface area contributed by atoms with Gasteiger partial charge in [-0.05, 0) is 19.1 Å². The van der Waals surface area contributed by atoms with Gasteiger partial charge in [0.05, 0.1) is 12.6 Å². The number of aromatic hydroxyl groups is 1. The Bertz CT molecular complexity index is 613. The smallest absolute Gasteiger partial charge is 0.274 e. The van der Waals surface area contributed by atoms with E-state index in [-0.39, 0.29) is 17.5 Å². The molecule has 0 spiro atoms. The largest absolute Gasteiger partial charge is 0.505 e. The molecule has 112 valence electrons. The number of nitrogens with zero attached hydrogens (tertiary/aromatic N) is 4. The molecule has 21 heavy (non-hydrogen) atoms. The number of ether oxygens (including phenoxy) is 1. The molecule has 2 heterocycles. The number of methoxy groups -OCH3 is 1. The first-order valence-electron chi connectivity index (χ1n) is 6.45. The van der Waals surface area contributed by atoms with Gasteiger partial charge in [0, 0.05) is 19.9 Å². The second kappa shape index (κ2) is 6.80. The third-order valence-corrected chi connectivity index (χ3v) is 2.92. The monoisotopic (exact) mass is 291 g/mol. The maximum absolute atomic E-state index is 12.1. The number of amides is 1. The first-order chi connectivity index (χ1) is 10.1. The van der Waals surface area contributed by atoms with Crippen LogP contribution < -0.4 is 5.32 Å². The average molecular weight is 291 g/mol. The lowest BCUT2D eigenvalue weighted by Crippen LogP contribution is -2.29. The van der Waals surface area contributed by atoms with Gasteiger partial charge in [-0.15, -0.1) is 10.2 Å². The molecule has 2 aromatic heterocycles. The zero-order chi connectivity index (χ0) is 15.2. The maximum atomic E-state index is 12.1. The van der Waals surface area contributed by atoms with Gasteiger partial charge in [-0.2, -0.15) is 0 Å². The number of aromatic nitrogens is 4. The minimum absolute atomic E-state index is 0.0210. The highest BCUT2D eigenvalue weighted by Gasteiger charge is 2.19. The number of hydrogen-bond donors (Lipinski definition) is 2. The minimum atomic E-state index is -0.470. The molecule has 0 aromatic carbocycles. The van der Waals surface area contributed by atoms with Gasteiger partial charge in [-0.25, -0.2) is 4.98 Å². The van der Waals surface area contributed by atoms with Crippen LogP contribution in [0.2, 0.25) is 0 Å². The molecule has 0 saturated carbocycles. The van der Waals surface area contributed by atoms with E-state index in [0.29, 0.717) is 19.0 Å². The van der Waals surface area contributed by atoms with E-state index in [1.165, 1.54) is 12.3 Å². The summed E-state index contributed by atoms with van der Waals surface area (Å²) in [6.45, 7) is 2.89. The van der Waals surface area contributed by atoms with Gasteiger partial charge in [-0.3, -0.25) is 4.79 Å². The second-order valence-electron chi connectivity index (χ2n) is 4.44. The fraction of sp³-hybridized carbons (Fsp3) is 0.385. The van der Waals surface area contributed by atoms with Gasteiger partial charge < -0.3 is 19.7 Å². The fourth-order valence-electron chi connectivity index (χ4n) is 1.86. The van der Waals surface area contributed by atoms with Gasteiger partial charge >= 0.3 is 0 Å². The summed E-state index contributed by atoms with van der Waals surface area (Å²) in [4.78, 5) is 15.9. The summed E-state index contributed by atoms with van der Waals surface area (Å²) >= 11 is 0. The Morgan fingerprint density at radius 1 is 1.57 bits per heavy atom. The normalized spacial score (nSPS) is 12.1. The summed E-state index contributed by atoms with van der Waals surface area (Å²) in [6.07, 6.45) is 3.02. The van der Waals surface area contributed by atoms with E-state index in [1.54, 1.807) is 31.0 Å². The summed E-state index contributed by atoms with van der Waals surface area (Å²) in [5.74, 6) is -0.0271. The van der Waals surface area contributed by atoms with Crippen LogP contribution in [0, 0.1) is 0 Å². The van der Waals surface area contributed by atoms with Crippen LogP contribution in [-0.2, 0) is 11.3 Å². The molecule has 0 aliphatic rings. The number of carbonyl (C=O) groups excluding carboxylic acids is 1. The summed E-state index contributed by atoms with van der Waals surface area (Å²) in [7, 11) is 1.61. The minimum Gasteiger partial charge on any atom is -0.505 e. The lowest BCUT2D eigenvalue weighted by Gasteiger charge is -2.14. The second-order valence-corrected chi connectivity index (χ2v) is 4.44. The Morgan fingerprint density at radius 2 is 2.38 bits per heavy atom. The SMILES string of the molecule is COCCn1cnnc1C(C)NC(=O)c1ncccc1O. The Balaban J connectivity index is 2.08. The summed E-state index contributed by atoms with van der Waals surface area (Å²) < 4.78 is 6.81. The van der Waals surface area contributed by atoms with Crippen LogP contribution in [0.25, 0.3) is 0 Å². The standard InChI is InChI=1S/C13H17N5O3/c1-9(12-17-15-8-18(12)6-7-21-2)16-13(20)11-10(19)4-3-5-14-11/h3-5,8-9,19H,6-7H2,1-2H3,(H,16,20). The first kappa shape index (κ1) is 14.9. The van der Waals surface area contributed by atoms with E-state index in [0.717, 1.165) is 0 Å². The Labute approximate surface area is 121 Å². The van der Waals surface area contributed by atoms with Crippen molar-refractivity contribution in [3.8, 4) is 5.75 Å². The molecule has 2 aromatic rings. The van der Waals surface area contributed by atoms with E-state index in [1.807, 2.05) is 0 Å². The molecular weight excluding hydrogens is 274 g/mol. The van der Waals surface area contributed by atoms with Crippen LogP contribution in [0.4, 0.5) is 0 Å². The molecule has 1 amide bonds. The van der Waals surface area contributed by atoms with Crippen molar-refractivity contribution in [3.63, 3.8) is 0 Å². The summed E-state index contributed by atoms with van der Waals surface area (Å²) in [5, 5.41) is 20.2. The average Bonchev–Trinajstić information content (AvgIpc) is 2.93. The van der Waals surface area contributed by atoms with Crippen LogP contribution in [0.15, 0.2) is 24.7 Å². The zero-order valence-electron chi connectivity index (χ0n) is 11.9. The van der Waals surface area contributed by atoms with Crippen molar-refractivity contribution in [1.82, 2.24) is 25.1 Å². The maximum Gasteiger partial charge on any atom is 0.274 e. The summed E-state index contributed by atoms with van der Waals surface area (Å²) in [5.41, 5.74) is -0.0210. The van der Waals surface area contributed by atoms with Crippen molar-refractivity contribution < 1.29 is 14.6 Å². The van der Waals surface area contributed by atoms with Gasteiger partial charge in [0.25, 0.3) is 5.91 Å². The molecule has 0 fully saturated rings. The number of rotatable bonds is 6. The first-order valence-corrected chi connectivity index (χ1v) is 6.45. The molecule has 0 aliphatic heterocycles. The predicted octanol–water partition coefficient (Wildman–Crippen LogP) is 0.516. The number of nitrogens with one attached hydrogen (secondary N) is 1. The molecular formula is C13H17N5O3. The van der Waals surface area contributed by atoms with E-state index in [2.05, 4.69) is 20.5 Å². The highest BCUT2D eigenvalue weighted by atomic mass is 16.5. The van der Waals surface area contributed by atoms with Crippen molar-refractivity contribution in [1.29, 1.82) is 0 Å². The molecule has 8 heteroatoms. The third kappa shape index (κ3) is 3.54. The number of hydrogen-bond acceptors (Lipinski definition) is 6. The molecule has 2 rings (SSSR count). The Hall–Kier alpha value is -2.48. The number of pyridine rings is 1. The van der Waals surface area contributed by atoms with Crippen LogP contribution in [0.1, 0.15) is 29.3 Å². The van der Waals surface area contributed by atoms with Gasteiger partial charge in [-0.1, -0.05) is 0 Å². The third-order valence-electron chi connectivity index (χ3n) is 2.92. The Kier molecular flexibility index (Phi) is 4.83. The lowest BCUT2D eigenvalue weighted by atomic mass is 10.2. The van der Waals surface area contributed by atoms with E-state index < -0.39 is 5.91 Å². The molecule has 0 radical (unpaired) electrons. The van der Waals surface area contributed by atoms with Gasteiger partial charge in [0.1, 0.15) is 12.1 Å². The number of carbonyl (C=O) groups is 1. The van der Waals surface area contributed by atoms with Crippen molar-refractivity contribution in [3.05, 3.63) is 36.2 Å². The predicted molar refractivity (Wildman–Crippen MR) is 73.7 cm³/mol. The topological polar surface area (TPSA) is 102 Å². The molecule has 1 atom stereocenters. The molecule has 0 aliphatic carbocycles. The van der Waals surface area contributed by atoms with Crippen LogP contribution in [0.3, 0.4) is 0 Å². The molecule has 1 unspecified atom stereocenters. The van der Waals surface area contributed by atoms with Crippen LogP contribution in [0.5, 0.6) is 5.75 Å². The molecule has 2 N–H and O–H groups in total. The summed E-state index contributed by atoms with van der Waals surface area (Å²) in [6, 6.07) is 2.59. The quantitative estimate of drug-likeness (QED) is 0.804. The van der Waals surface area contributed by atoms with E-state index in [4.69, 9.17) is 4.74 Å². The van der Waals surface area contributed by atoms with Crippen molar-refractivity contribution >= 4 is 5.91 Å². The van der Waals surface area contributed by atoms with Crippen molar-refractivity contribution in [2.45, 2.75) is 19.5 Å². The highest BCUT2D eigenvalue weighted by Crippen LogP contribution is 2.15. The molecule has 0 bridgehead atoms. The molecule has 8 nitrogen and oxygen atoms in total. The Morgan fingerprint density at radius 3 is 3.10 bits per heavy atom. The van der Waals surface area contributed by atoms with Crippen molar-refractivity contribution in [2.24, 2.45) is 0 Å². The lowest BCUT2D eigenvalue weighted by molar-refractivity contribution is 0.0929. The van der Waals surface area contributed by atoms with Crippen molar-refractivity contribution in [2.75, 3.05) is 13.7 Å². The zero-order valence-corrected chi connectivity index (χ0v) is 11.9. The van der Waals surface area contributed by atoms with Crippen LogP contribution in [-0.4, -0.2) is 44.5 Å². The fourth-order valence-corrected chi connectivity index (χ4v) is 1.86. The van der Waals surface area contributed by atoms with Crippen LogP contribution >= 0.6 is 0 Å². The molecule has 0 saturated heterocycles. The highest BCUT2D eigenvalue weighted by molar-refractivity contribution is 5.94.